The van der Waals surface area contributed by atoms with Gasteiger partial charge >= 0.3 is 0 Å². The maximum absolute atomic E-state index is 13.5. The standard InChI is InChI=1S/C23H18BrN3O5S/c24-18-3-5-19(6-4-18)33(29,30)27(12-15-2-1-7-25-11-15)13-17-8-16-9-21-22(32-14-31-21)10-20(16)26-23(17)28/h1-11H,12-14H2,(H,26,28). The molecule has 0 fully saturated rings. The minimum atomic E-state index is -3.91. The second kappa shape index (κ2) is 8.62. The van der Waals surface area contributed by atoms with Gasteiger partial charge in [0.15, 0.2) is 11.5 Å². The Morgan fingerprint density at radius 1 is 1.03 bits per heavy atom. The van der Waals surface area contributed by atoms with Gasteiger partial charge in [0.1, 0.15) is 0 Å². The van der Waals surface area contributed by atoms with Crippen molar-refractivity contribution in [2.75, 3.05) is 6.79 Å². The molecule has 1 aliphatic rings. The first-order valence-electron chi connectivity index (χ1n) is 10.0. The van der Waals surface area contributed by atoms with Crippen LogP contribution in [-0.4, -0.2) is 29.5 Å². The summed E-state index contributed by atoms with van der Waals surface area (Å²) in [6.07, 6.45) is 3.23. The zero-order chi connectivity index (χ0) is 23.0. The molecule has 4 aromatic rings. The zero-order valence-electron chi connectivity index (χ0n) is 17.2. The van der Waals surface area contributed by atoms with E-state index in [-0.39, 0.29) is 30.3 Å². The van der Waals surface area contributed by atoms with Gasteiger partial charge in [0.2, 0.25) is 16.8 Å². The van der Waals surface area contributed by atoms with Crippen molar-refractivity contribution in [1.82, 2.24) is 14.3 Å². The van der Waals surface area contributed by atoms with Crippen LogP contribution < -0.4 is 15.0 Å². The molecule has 2 aromatic heterocycles. The lowest BCUT2D eigenvalue weighted by atomic mass is 10.1. The van der Waals surface area contributed by atoms with E-state index in [0.717, 1.165) is 9.86 Å². The fraction of sp³-hybridized carbons (Fsp3) is 0.130. The fourth-order valence-corrected chi connectivity index (χ4v) is 5.30. The molecular weight excluding hydrogens is 510 g/mol. The highest BCUT2D eigenvalue weighted by Gasteiger charge is 2.26. The maximum atomic E-state index is 13.5. The van der Waals surface area contributed by atoms with Crippen molar-refractivity contribution in [3.63, 3.8) is 0 Å². The summed E-state index contributed by atoms with van der Waals surface area (Å²) >= 11 is 3.33. The van der Waals surface area contributed by atoms with Gasteiger partial charge in [-0.05, 0) is 48.0 Å². The van der Waals surface area contributed by atoms with Crippen LogP contribution >= 0.6 is 15.9 Å². The predicted octanol–water partition coefficient (Wildman–Crippen LogP) is 3.81. The Hall–Kier alpha value is -3.21. The summed E-state index contributed by atoms with van der Waals surface area (Å²) in [4.78, 5) is 19.9. The minimum Gasteiger partial charge on any atom is -0.454 e. The van der Waals surface area contributed by atoms with Crippen LogP contribution in [0.15, 0.2) is 81.2 Å². The van der Waals surface area contributed by atoms with Crippen molar-refractivity contribution >= 4 is 36.9 Å². The molecule has 33 heavy (non-hydrogen) atoms. The third-order valence-electron chi connectivity index (χ3n) is 5.29. The Morgan fingerprint density at radius 3 is 2.52 bits per heavy atom. The minimum absolute atomic E-state index is 0.0604. The number of pyridine rings is 2. The second-order valence-corrected chi connectivity index (χ2v) is 10.4. The number of nitrogens with zero attached hydrogens (tertiary/aromatic N) is 2. The number of fused-ring (bicyclic) bond motifs is 2. The van der Waals surface area contributed by atoms with Gasteiger partial charge in [0.05, 0.1) is 10.4 Å². The molecule has 0 saturated heterocycles. The highest BCUT2D eigenvalue weighted by atomic mass is 79.9. The van der Waals surface area contributed by atoms with Crippen LogP contribution in [0.1, 0.15) is 11.1 Å². The Balaban J connectivity index is 1.56. The monoisotopic (exact) mass is 527 g/mol. The van der Waals surface area contributed by atoms with Crippen LogP contribution in [0.3, 0.4) is 0 Å². The number of hydrogen-bond donors (Lipinski definition) is 1. The summed E-state index contributed by atoms with van der Waals surface area (Å²) in [6.45, 7) is 0.0604. The molecule has 10 heteroatoms. The molecule has 0 saturated carbocycles. The number of rotatable bonds is 6. The van der Waals surface area contributed by atoms with Crippen LogP contribution in [0.25, 0.3) is 10.9 Å². The summed E-state index contributed by atoms with van der Waals surface area (Å²) in [7, 11) is -3.91. The van der Waals surface area contributed by atoms with Crippen molar-refractivity contribution in [2.45, 2.75) is 18.0 Å². The van der Waals surface area contributed by atoms with Crippen LogP contribution in [0.5, 0.6) is 11.5 Å². The predicted molar refractivity (Wildman–Crippen MR) is 126 cm³/mol. The van der Waals surface area contributed by atoms with E-state index in [1.54, 1.807) is 54.9 Å². The molecule has 0 radical (unpaired) electrons. The second-order valence-electron chi connectivity index (χ2n) is 7.50. The van der Waals surface area contributed by atoms with Crippen molar-refractivity contribution in [3.8, 4) is 11.5 Å². The molecule has 0 aliphatic carbocycles. The van der Waals surface area contributed by atoms with E-state index in [4.69, 9.17) is 9.47 Å². The zero-order valence-corrected chi connectivity index (χ0v) is 19.6. The van der Waals surface area contributed by atoms with E-state index in [9.17, 15) is 13.2 Å². The van der Waals surface area contributed by atoms with Gasteiger partial charge in [-0.2, -0.15) is 4.31 Å². The number of ether oxygens (including phenoxy) is 2. The molecule has 0 atom stereocenters. The largest absolute Gasteiger partial charge is 0.454 e. The smallest absolute Gasteiger partial charge is 0.252 e. The first-order chi connectivity index (χ1) is 15.9. The normalized spacial score (nSPS) is 13.0. The van der Waals surface area contributed by atoms with Gasteiger partial charge in [-0.25, -0.2) is 8.42 Å². The molecule has 0 amide bonds. The van der Waals surface area contributed by atoms with Gasteiger partial charge in [-0.15, -0.1) is 0 Å². The highest BCUT2D eigenvalue weighted by Crippen LogP contribution is 2.35. The average molecular weight is 528 g/mol. The first kappa shape index (κ1) is 21.6. The van der Waals surface area contributed by atoms with E-state index in [1.807, 2.05) is 0 Å². The highest BCUT2D eigenvalue weighted by molar-refractivity contribution is 9.10. The maximum Gasteiger partial charge on any atom is 0.252 e. The van der Waals surface area contributed by atoms with Crippen molar-refractivity contribution in [1.29, 1.82) is 0 Å². The van der Waals surface area contributed by atoms with Gasteiger partial charge in [-0.3, -0.25) is 9.78 Å². The molecule has 0 bridgehead atoms. The number of sulfonamides is 1. The van der Waals surface area contributed by atoms with Gasteiger partial charge in [0.25, 0.3) is 5.56 Å². The van der Waals surface area contributed by atoms with E-state index in [0.29, 0.717) is 28.1 Å². The van der Waals surface area contributed by atoms with Crippen molar-refractivity contribution in [3.05, 3.63) is 92.9 Å². The molecule has 5 rings (SSSR count). The Kier molecular flexibility index (Phi) is 5.65. The third kappa shape index (κ3) is 4.37. The van der Waals surface area contributed by atoms with Gasteiger partial charge in [0, 0.05) is 47.0 Å². The number of nitrogens with one attached hydrogen (secondary N) is 1. The molecule has 8 nitrogen and oxygen atoms in total. The molecule has 168 valence electrons. The van der Waals surface area contributed by atoms with Crippen LogP contribution in [0.4, 0.5) is 0 Å². The Labute approximate surface area is 198 Å². The molecule has 3 heterocycles. The quantitative estimate of drug-likeness (QED) is 0.409. The summed E-state index contributed by atoms with van der Waals surface area (Å²) in [6, 6.07) is 15.1. The number of aromatic amines is 1. The molecule has 1 N–H and O–H groups in total. The van der Waals surface area contributed by atoms with E-state index in [2.05, 4.69) is 25.9 Å². The summed E-state index contributed by atoms with van der Waals surface area (Å²) in [5.41, 5.74) is 1.23. The lowest BCUT2D eigenvalue weighted by Gasteiger charge is -2.22. The van der Waals surface area contributed by atoms with Gasteiger partial charge < -0.3 is 14.5 Å². The number of hydrogen-bond acceptors (Lipinski definition) is 6. The number of aromatic nitrogens is 2. The lowest BCUT2D eigenvalue weighted by Crippen LogP contribution is -2.32. The Morgan fingerprint density at radius 2 is 1.79 bits per heavy atom. The number of H-pyrrole nitrogens is 1. The third-order valence-corrected chi connectivity index (χ3v) is 7.63. The summed E-state index contributed by atoms with van der Waals surface area (Å²) in [5.74, 6) is 1.14. The number of halogens is 1. The van der Waals surface area contributed by atoms with Crippen LogP contribution in [-0.2, 0) is 23.1 Å². The summed E-state index contributed by atoms with van der Waals surface area (Å²) < 4.78 is 39.9. The molecule has 0 unspecified atom stereocenters. The molecule has 1 aliphatic heterocycles. The first-order valence-corrected chi connectivity index (χ1v) is 12.2. The number of benzene rings is 2. The molecular formula is C23H18BrN3O5S. The van der Waals surface area contributed by atoms with E-state index >= 15 is 0 Å². The lowest BCUT2D eigenvalue weighted by molar-refractivity contribution is 0.174. The van der Waals surface area contributed by atoms with E-state index < -0.39 is 10.0 Å². The molecule has 2 aromatic carbocycles. The Bertz CT molecular complexity index is 1490. The van der Waals surface area contributed by atoms with Crippen molar-refractivity contribution < 1.29 is 17.9 Å². The van der Waals surface area contributed by atoms with Crippen LogP contribution in [0.2, 0.25) is 0 Å². The topological polar surface area (TPSA) is 102 Å². The van der Waals surface area contributed by atoms with Gasteiger partial charge in [-0.1, -0.05) is 22.0 Å². The average Bonchev–Trinajstić information content (AvgIpc) is 3.26. The molecule has 0 spiro atoms. The van der Waals surface area contributed by atoms with Crippen LogP contribution in [0, 0.1) is 0 Å². The summed E-state index contributed by atoms with van der Waals surface area (Å²) in [5, 5.41) is 0.719. The van der Waals surface area contributed by atoms with Crippen molar-refractivity contribution in [2.24, 2.45) is 0 Å². The SMILES string of the molecule is O=c1[nH]c2cc3c(cc2cc1CN(Cc1cccnc1)S(=O)(=O)c1ccc(Br)cc1)OCO3. The van der Waals surface area contributed by atoms with E-state index in [1.165, 1.54) is 16.4 Å². The fourth-order valence-electron chi connectivity index (χ4n) is 3.63.